The number of anilines is 1. The Balaban J connectivity index is 1.25. The van der Waals surface area contributed by atoms with Gasteiger partial charge >= 0.3 is 6.03 Å². The molecule has 0 aliphatic carbocycles. The van der Waals surface area contributed by atoms with E-state index in [1.165, 1.54) is 0 Å². The highest BCUT2D eigenvalue weighted by molar-refractivity contribution is 5.90. The van der Waals surface area contributed by atoms with E-state index in [0.717, 1.165) is 11.3 Å². The first-order valence-electron chi connectivity index (χ1n) is 10.9. The zero-order valence-electron chi connectivity index (χ0n) is 18.7. The topological polar surface area (TPSA) is 127 Å². The number of methoxy groups -OCH3 is 1. The van der Waals surface area contributed by atoms with Gasteiger partial charge in [-0.3, -0.25) is 4.79 Å². The summed E-state index contributed by atoms with van der Waals surface area (Å²) in [7, 11) is 1.60. The van der Waals surface area contributed by atoms with E-state index in [0.29, 0.717) is 23.7 Å². The number of rotatable bonds is 8. The Kier molecular flexibility index (Phi) is 7.51. The van der Waals surface area contributed by atoms with Crippen LogP contribution in [0.5, 0.6) is 17.2 Å². The normalized spacial score (nSPS) is 20.5. The number of carbonyl (C=O) groups is 2. The quantitative estimate of drug-likeness (QED) is 0.435. The maximum Gasteiger partial charge on any atom is 0.319 e. The zero-order chi connectivity index (χ0) is 23.9. The van der Waals surface area contributed by atoms with Gasteiger partial charge in [0.25, 0.3) is 0 Å². The molecule has 2 aliphatic rings. The predicted octanol–water partition coefficient (Wildman–Crippen LogP) is 1.94. The number of aliphatic hydroxyl groups excluding tert-OH is 1. The lowest BCUT2D eigenvalue weighted by atomic mass is 10.0. The molecule has 2 aromatic rings. The van der Waals surface area contributed by atoms with Crippen molar-refractivity contribution in [1.82, 2.24) is 10.6 Å². The van der Waals surface area contributed by atoms with Gasteiger partial charge in [0.1, 0.15) is 11.9 Å². The molecule has 0 unspecified atom stereocenters. The molecule has 2 heterocycles. The molecule has 0 radical (unpaired) electrons. The molecular formula is C24H27N3O7. The second-order valence-corrected chi connectivity index (χ2v) is 7.80. The first kappa shape index (κ1) is 23.4. The van der Waals surface area contributed by atoms with Crippen molar-refractivity contribution < 1.29 is 33.6 Å². The molecule has 0 fully saturated rings. The molecule has 0 aromatic heterocycles. The predicted molar refractivity (Wildman–Crippen MR) is 123 cm³/mol. The SMILES string of the molecule is COc1ccc(CNC(=O)C[C@H]2C=C[C@@H](NC(=O)Nc3ccc4c(c3)OCO4)[C@@H](CO)O2)cc1. The Bertz CT molecular complexity index is 1040. The van der Waals surface area contributed by atoms with Crippen LogP contribution in [0.2, 0.25) is 0 Å². The molecule has 10 heteroatoms. The molecule has 4 rings (SSSR count). The van der Waals surface area contributed by atoms with Crippen LogP contribution in [0.15, 0.2) is 54.6 Å². The lowest BCUT2D eigenvalue weighted by Crippen LogP contribution is -2.50. The third-order valence-corrected chi connectivity index (χ3v) is 5.43. The van der Waals surface area contributed by atoms with E-state index in [-0.39, 0.29) is 25.7 Å². The molecule has 180 valence electrons. The Morgan fingerprint density at radius 3 is 2.65 bits per heavy atom. The van der Waals surface area contributed by atoms with Gasteiger partial charge < -0.3 is 40.0 Å². The van der Waals surface area contributed by atoms with Crippen molar-refractivity contribution >= 4 is 17.6 Å². The number of ether oxygens (including phenoxy) is 4. The molecule has 0 saturated heterocycles. The third-order valence-electron chi connectivity index (χ3n) is 5.43. The molecular weight excluding hydrogens is 442 g/mol. The highest BCUT2D eigenvalue weighted by atomic mass is 16.7. The van der Waals surface area contributed by atoms with Gasteiger partial charge in [-0.25, -0.2) is 4.79 Å². The molecule has 3 amide bonds. The van der Waals surface area contributed by atoms with Crippen LogP contribution in [-0.4, -0.2) is 55.8 Å². The van der Waals surface area contributed by atoms with Crippen LogP contribution in [0.1, 0.15) is 12.0 Å². The average molecular weight is 469 g/mol. The van der Waals surface area contributed by atoms with Gasteiger partial charge in [-0.1, -0.05) is 24.3 Å². The minimum absolute atomic E-state index is 0.0965. The summed E-state index contributed by atoms with van der Waals surface area (Å²) < 4.78 is 21.5. The summed E-state index contributed by atoms with van der Waals surface area (Å²) in [6.07, 6.45) is 2.34. The summed E-state index contributed by atoms with van der Waals surface area (Å²) in [5.74, 6) is 1.74. The molecule has 2 aromatic carbocycles. The number of amides is 3. The lowest BCUT2D eigenvalue weighted by Gasteiger charge is -2.31. The number of urea groups is 1. The molecule has 2 aliphatic heterocycles. The van der Waals surface area contributed by atoms with Crippen LogP contribution >= 0.6 is 0 Å². The second-order valence-electron chi connectivity index (χ2n) is 7.80. The summed E-state index contributed by atoms with van der Waals surface area (Å²) in [5.41, 5.74) is 1.48. The fraction of sp³-hybridized carbons (Fsp3) is 0.333. The van der Waals surface area contributed by atoms with Gasteiger partial charge in [0, 0.05) is 18.3 Å². The molecule has 34 heavy (non-hydrogen) atoms. The first-order valence-corrected chi connectivity index (χ1v) is 10.9. The molecule has 0 bridgehead atoms. The van der Waals surface area contributed by atoms with Crippen molar-refractivity contribution in [2.24, 2.45) is 0 Å². The van der Waals surface area contributed by atoms with E-state index in [9.17, 15) is 14.7 Å². The van der Waals surface area contributed by atoms with Gasteiger partial charge in [-0.15, -0.1) is 0 Å². The molecule has 10 nitrogen and oxygen atoms in total. The fourth-order valence-electron chi connectivity index (χ4n) is 3.63. The minimum Gasteiger partial charge on any atom is -0.497 e. The van der Waals surface area contributed by atoms with Crippen molar-refractivity contribution in [2.45, 2.75) is 31.2 Å². The third kappa shape index (κ3) is 5.97. The highest BCUT2D eigenvalue weighted by Crippen LogP contribution is 2.34. The first-order chi connectivity index (χ1) is 16.5. The van der Waals surface area contributed by atoms with E-state index < -0.39 is 24.3 Å². The summed E-state index contributed by atoms with van der Waals surface area (Å²) >= 11 is 0. The minimum atomic E-state index is -0.688. The number of nitrogens with one attached hydrogen (secondary N) is 3. The lowest BCUT2D eigenvalue weighted by molar-refractivity contribution is -0.125. The number of aliphatic hydroxyl groups is 1. The number of hydrogen-bond acceptors (Lipinski definition) is 7. The van der Waals surface area contributed by atoms with E-state index in [1.807, 2.05) is 24.3 Å². The van der Waals surface area contributed by atoms with Crippen LogP contribution in [0.4, 0.5) is 10.5 Å². The average Bonchev–Trinajstić information content (AvgIpc) is 3.32. The van der Waals surface area contributed by atoms with Crippen LogP contribution in [0.25, 0.3) is 0 Å². The largest absolute Gasteiger partial charge is 0.497 e. The summed E-state index contributed by atoms with van der Waals surface area (Å²) in [4.78, 5) is 24.8. The molecule has 4 N–H and O–H groups in total. The van der Waals surface area contributed by atoms with Gasteiger partial charge in [-0.05, 0) is 29.8 Å². The van der Waals surface area contributed by atoms with Crippen molar-refractivity contribution in [2.75, 3.05) is 25.8 Å². The van der Waals surface area contributed by atoms with E-state index in [4.69, 9.17) is 18.9 Å². The number of carbonyl (C=O) groups excluding carboxylic acids is 2. The van der Waals surface area contributed by atoms with Crippen molar-refractivity contribution in [1.29, 1.82) is 0 Å². The molecule has 3 atom stereocenters. The summed E-state index contributed by atoms with van der Waals surface area (Å²) in [5, 5.41) is 18.1. The number of hydrogen-bond donors (Lipinski definition) is 4. The maximum atomic E-state index is 12.4. The number of benzene rings is 2. The van der Waals surface area contributed by atoms with Crippen molar-refractivity contribution in [3.63, 3.8) is 0 Å². The van der Waals surface area contributed by atoms with Gasteiger partial charge in [0.2, 0.25) is 12.7 Å². The van der Waals surface area contributed by atoms with Crippen LogP contribution < -0.4 is 30.2 Å². The van der Waals surface area contributed by atoms with Gasteiger partial charge in [0.15, 0.2) is 11.5 Å². The Hall–Kier alpha value is -3.76. The van der Waals surface area contributed by atoms with Crippen LogP contribution in [0, 0.1) is 0 Å². The summed E-state index contributed by atoms with van der Waals surface area (Å²) in [6, 6.07) is 11.5. The number of fused-ring (bicyclic) bond motifs is 1. The van der Waals surface area contributed by atoms with Crippen LogP contribution in [-0.2, 0) is 16.1 Å². The Morgan fingerprint density at radius 2 is 1.88 bits per heavy atom. The fourth-order valence-corrected chi connectivity index (χ4v) is 3.63. The van der Waals surface area contributed by atoms with Crippen LogP contribution in [0.3, 0.4) is 0 Å². The monoisotopic (exact) mass is 469 g/mol. The van der Waals surface area contributed by atoms with E-state index >= 15 is 0 Å². The molecule has 0 spiro atoms. The van der Waals surface area contributed by atoms with Gasteiger partial charge in [0.05, 0.1) is 32.3 Å². The standard InChI is InChI=1S/C24H27N3O7/c1-31-17-5-2-15(3-6-17)12-25-23(29)11-18-7-8-19(22(13-28)34-18)27-24(30)26-16-4-9-20-21(10-16)33-14-32-20/h2-10,18-19,22,28H,11-14H2,1H3,(H,25,29)(H2,26,27,30)/t18-,19-,22-/m1/s1. The van der Waals surface area contributed by atoms with Crippen molar-refractivity contribution in [3.05, 3.63) is 60.2 Å². The highest BCUT2D eigenvalue weighted by Gasteiger charge is 2.29. The smallest absolute Gasteiger partial charge is 0.319 e. The maximum absolute atomic E-state index is 12.4. The second kappa shape index (κ2) is 10.9. The zero-order valence-corrected chi connectivity index (χ0v) is 18.7. The van der Waals surface area contributed by atoms with Gasteiger partial charge in [-0.2, -0.15) is 0 Å². The van der Waals surface area contributed by atoms with E-state index in [1.54, 1.807) is 37.5 Å². The Morgan fingerprint density at radius 1 is 1.09 bits per heavy atom. The van der Waals surface area contributed by atoms with E-state index in [2.05, 4.69) is 16.0 Å². The molecule has 0 saturated carbocycles. The van der Waals surface area contributed by atoms with Crippen molar-refractivity contribution in [3.8, 4) is 17.2 Å². The Labute approximate surface area is 196 Å². The summed E-state index contributed by atoms with van der Waals surface area (Å²) in [6.45, 7) is 0.213.